The lowest BCUT2D eigenvalue weighted by Crippen LogP contribution is -2.21. The van der Waals surface area contributed by atoms with Crippen LogP contribution in [-0.2, 0) is 16.0 Å². The first-order valence-corrected chi connectivity index (χ1v) is 7.49. The summed E-state index contributed by atoms with van der Waals surface area (Å²) in [5.74, 6) is -2.87. The maximum absolute atomic E-state index is 12.9. The predicted molar refractivity (Wildman–Crippen MR) is 68.0 cm³/mol. The van der Waals surface area contributed by atoms with Gasteiger partial charge in [0.25, 0.3) is 5.91 Å². The van der Waals surface area contributed by atoms with Crippen LogP contribution < -0.4 is 5.73 Å². The molecule has 116 valence electrons. The Morgan fingerprint density at radius 3 is 2.43 bits per heavy atom. The van der Waals surface area contributed by atoms with E-state index >= 15 is 0 Å². The van der Waals surface area contributed by atoms with Gasteiger partial charge in [0.2, 0.25) is 5.82 Å². The fourth-order valence-electron chi connectivity index (χ4n) is 1.43. The topological polar surface area (TPSA) is 103 Å². The smallest absolute Gasteiger partial charge is 0.363 e. The van der Waals surface area contributed by atoms with Gasteiger partial charge in [-0.25, -0.2) is 18.4 Å². The molecule has 0 spiro atoms. The largest absolute Gasteiger partial charge is 0.433 e. The van der Waals surface area contributed by atoms with Gasteiger partial charge in [-0.2, -0.15) is 13.2 Å². The van der Waals surface area contributed by atoms with Crippen LogP contribution in [0.5, 0.6) is 0 Å². The molecule has 0 radical (unpaired) electrons. The number of sulfone groups is 1. The Labute approximate surface area is 118 Å². The number of aromatic nitrogens is 2. The number of alkyl halides is 3. The van der Waals surface area contributed by atoms with Crippen LogP contribution in [0.3, 0.4) is 0 Å². The first-order chi connectivity index (χ1) is 9.42. The molecular weight excluding hydrogens is 311 g/mol. The van der Waals surface area contributed by atoms with Gasteiger partial charge in [-0.05, 0) is 0 Å². The van der Waals surface area contributed by atoms with Crippen LogP contribution in [0.25, 0.3) is 0 Å². The van der Waals surface area contributed by atoms with Crippen molar-refractivity contribution in [2.24, 2.45) is 5.73 Å². The lowest BCUT2D eigenvalue weighted by atomic mass is 10.0. The predicted octanol–water partition coefficient (Wildman–Crippen LogP) is 1.26. The number of hydrogen-bond acceptors (Lipinski definition) is 5. The van der Waals surface area contributed by atoms with Crippen molar-refractivity contribution in [1.82, 2.24) is 9.97 Å². The molecule has 0 aliphatic carbocycles. The number of nitrogens with zero attached hydrogens (tertiary/aromatic N) is 2. The Bertz CT molecular complexity index is 684. The molecule has 21 heavy (non-hydrogen) atoms. The summed E-state index contributed by atoms with van der Waals surface area (Å²) < 4.78 is 60.8. The maximum Gasteiger partial charge on any atom is 0.433 e. The summed E-state index contributed by atoms with van der Waals surface area (Å²) in [6.45, 7) is 1.35. The third-order valence-electron chi connectivity index (χ3n) is 2.41. The second kappa shape index (κ2) is 5.80. The number of allylic oxidation sites excluding steroid dienone is 1. The van der Waals surface area contributed by atoms with Crippen LogP contribution in [0.2, 0.25) is 0 Å². The molecule has 10 heteroatoms. The van der Waals surface area contributed by atoms with Gasteiger partial charge >= 0.3 is 6.18 Å². The van der Waals surface area contributed by atoms with E-state index in [4.69, 9.17) is 5.73 Å². The molecule has 0 unspecified atom stereocenters. The lowest BCUT2D eigenvalue weighted by molar-refractivity contribution is -0.142. The molecule has 0 aliphatic heterocycles. The summed E-state index contributed by atoms with van der Waals surface area (Å²) in [5.41, 5.74) is 3.17. The zero-order valence-corrected chi connectivity index (χ0v) is 11.9. The second-order valence-electron chi connectivity index (χ2n) is 4.31. The zero-order chi connectivity index (χ0) is 16.4. The summed E-state index contributed by atoms with van der Waals surface area (Å²) in [7, 11) is -3.47. The van der Waals surface area contributed by atoms with E-state index in [9.17, 15) is 26.4 Å². The fourth-order valence-corrected chi connectivity index (χ4v) is 1.96. The molecule has 0 saturated carbocycles. The molecule has 0 saturated heterocycles. The normalized spacial score (nSPS) is 14.3. The van der Waals surface area contributed by atoms with Crippen LogP contribution >= 0.6 is 0 Å². The fraction of sp³-hybridized carbons (Fsp3) is 0.364. The minimum absolute atomic E-state index is 0.354. The van der Waals surface area contributed by atoms with Gasteiger partial charge in [0, 0.05) is 29.3 Å². The lowest BCUT2D eigenvalue weighted by Gasteiger charge is -2.14. The van der Waals surface area contributed by atoms with Crippen molar-refractivity contribution in [3.63, 3.8) is 0 Å². The second-order valence-corrected chi connectivity index (χ2v) is 6.24. The summed E-state index contributed by atoms with van der Waals surface area (Å²) in [6, 6.07) is 0. The summed E-state index contributed by atoms with van der Waals surface area (Å²) in [6.07, 6.45) is -2.02. The number of amides is 1. The first-order valence-electron chi connectivity index (χ1n) is 5.54. The van der Waals surface area contributed by atoms with Gasteiger partial charge in [0.1, 0.15) is 0 Å². The van der Waals surface area contributed by atoms with Gasteiger partial charge in [0.15, 0.2) is 15.5 Å². The van der Waals surface area contributed by atoms with Crippen molar-refractivity contribution in [1.29, 1.82) is 0 Å². The average molecular weight is 323 g/mol. The van der Waals surface area contributed by atoms with Crippen molar-refractivity contribution in [3.05, 3.63) is 34.8 Å². The van der Waals surface area contributed by atoms with Crippen LogP contribution in [0, 0.1) is 0 Å². The minimum atomic E-state index is -4.82. The number of hydrogen-bond donors (Lipinski definition) is 1. The van der Waals surface area contributed by atoms with Gasteiger partial charge in [-0.3, -0.25) is 4.79 Å². The van der Waals surface area contributed by atoms with Crippen LogP contribution in [0.15, 0.2) is 17.7 Å². The average Bonchev–Trinajstić information content (AvgIpc) is 2.33. The van der Waals surface area contributed by atoms with Crippen LogP contribution in [0.4, 0.5) is 13.2 Å². The molecule has 2 N–H and O–H groups in total. The molecule has 0 bridgehead atoms. The number of carbonyl (C=O) groups is 1. The molecule has 1 aromatic heterocycles. The number of rotatable bonds is 4. The highest BCUT2D eigenvalue weighted by atomic mass is 32.2. The van der Waals surface area contributed by atoms with Gasteiger partial charge in [-0.1, -0.05) is 13.0 Å². The van der Waals surface area contributed by atoms with Crippen molar-refractivity contribution < 1.29 is 26.4 Å². The van der Waals surface area contributed by atoms with E-state index in [0.29, 0.717) is 0 Å². The van der Waals surface area contributed by atoms with Crippen LogP contribution in [0.1, 0.15) is 34.7 Å². The summed E-state index contributed by atoms with van der Waals surface area (Å²) in [4.78, 5) is 17.4. The molecule has 1 rings (SSSR count). The maximum atomic E-state index is 12.9. The van der Waals surface area contributed by atoms with E-state index in [-0.39, 0.29) is 5.56 Å². The van der Waals surface area contributed by atoms with Crippen LogP contribution in [-0.4, -0.2) is 30.5 Å². The number of carbonyl (C=O) groups excluding carboxylic acids is 1. The van der Waals surface area contributed by atoms with E-state index in [1.807, 2.05) is 0 Å². The third kappa shape index (κ3) is 4.81. The van der Waals surface area contributed by atoms with E-state index < -0.39 is 39.4 Å². The molecule has 1 atom stereocenters. The molecular formula is C11H12F3N3O3S. The number of nitrogens with two attached hydrogens (primary N) is 1. The van der Waals surface area contributed by atoms with Crippen molar-refractivity contribution in [2.75, 3.05) is 6.26 Å². The standard InChI is InChI=1S/C11H12F3N3O3S/c1-6(3-4-21(2,19)20)7-5-16-10(9(15)18)17-8(7)11(12,13)14/h3-6H,1-2H3,(H2,15,18)/b4-3+/t6-/m1/s1. The molecule has 1 aromatic rings. The zero-order valence-electron chi connectivity index (χ0n) is 11.0. The SMILES string of the molecule is C[C@H](/C=C/S(C)(=O)=O)c1cnc(C(N)=O)nc1C(F)(F)F. The van der Waals surface area contributed by atoms with Crippen molar-refractivity contribution in [2.45, 2.75) is 19.0 Å². The van der Waals surface area contributed by atoms with E-state index in [0.717, 1.165) is 23.9 Å². The van der Waals surface area contributed by atoms with Crippen molar-refractivity contribution in [3.8, 4) is 0 Å². The Balaban J connectivity index is 3.36. The Kier molecular flexibility index (Phi) is 4.72. The quantitative estimate of drug-likeness (QED) is 0.898. The van der Waals surface area contributed by atoms with Gasteiger partial charge in [-0.15, -0.1) is 0 Å². The molecule has 6 nitrogen and oxygen atoms in total. The summed E-state index contributed by atoms with van der Waals surface area (Å²) in [5, 5.41) is 0.791. The molecule has 0 fully saturated rings. The first kappa shape index (κ1) is 17.1. The molecule has 1 heterocycles. The highest BCUT2D eigenvalue weighted by molar-refractivity contribution is 7.93. The third-order valence-corrected chi connectivity index (χ3v) is 3.06. The monoisotopic (exact) mass is 323 g/mol. The Morgan fingerprint density at radius 1 is 1.43 bits per heavy atom. The summed E-state index contributed by atoms with van der Waals surface area (Å²) >= 11 is 0. The highest BCUT2D eigenvalue weighted by Gasteiger charge is 2.37. The van der Waals surface area contributed by atoms with E-state index in [1.165, 1.54) is 6.92 Å². The highest BCUT2D eigenvalue weighted by Crippen LogP contribution is 2.33. The number of primary amides is 1. The minimum Gasteiger partial charge on any atom is -0.363 e. The Morgan fingerprint density at radius 2 is 2.00 bits per heavy atom. The van der Waals surface area contributed by atoms with Crippen molar-refractivity contribution >= 4 is 15.7 Å². The van der Waals surface area contributed by atoms with E-state index in [2.05, 4.69) is 9.97 Å². The molecule has 1 amide bonds. The van der Waals surface area contributed by atoms with E-state index in [1.54, 1.807) is 0 Å². The number of halogens is 3. The molecule has 0 aromatic carbocycles. The molecule has 0 aliphatic rings. The van der Waals surface area contributed by atoms with Gasteiger partial charge < -0.3 is 5.73 Å². The van der Waals surface area contributed by atoms with Gasteiger partial charge in [0.05, 0.1) is 0 Å². The Hall–Kier alpha value is -1.97.